The number of carbonyl (C=O) groups is 2. The maximum atomic E-state index is 12.7. The van der Waals surface area contributed by atoms with Gasteiger partial charge in [-0.3, -0.25) is 24.8 Å². The van der Waals surface area contributed by atoms with Crippen molar-refractivity contribution >= 4 is 29.1 Å². The largest absolute Gasteiger partial charge is 0.530 e. The second-order valence-electron chi connectivity index (χ2n) is 6.07. The molecule has 0 atom stereocenters. The van der Waals surface area contributed by atoms with E-state index in [1.165, 1.54) is 23.1 Å². The Morgan fingerprint density at radius 3 is 2.57 bits per heavy atom. The summed E-state index contributed by atoms with van der Waals surface area (Å²) >= 11 is 0. The fourth-order valence-electron chi connectivity index (χ4n) is 2.97. The summed E-state index contributed by atoms with van der Waals surface area (Å²) in [6.07, 6.45) is -1.41. The molecule has 28 heavy (non-hydrogen) atoms. The lowest BCUT2D eigenvalue weighted by Crippen LogP contribution is -2.49. The molecule has 0 aliphatic carbocycles. The first-order valence-electron chi connectivity index (χ1n) is 8.57. The Hall–Kier alpha value is -3.75. The number of nitrogens with zero attached hydrogens (tertiary/aromatic N) is 4. The number of aliphatic imine (C=N–C) groups is 1. The summed E-state index contributed by atoms with van der Waals surface area (Å²) in [5, 5.41) is 22.6. The van der Waals surface area contributed by atoms with Crippen molar-refractivity contribution in [2.45, 2.75) is 6.92 Å². The number of non-ortho nitro benzene ring substituents is 1. The van der Waals surface area contributed by atoms with Crippen molar-refractivity contribution in [3.05, 3.63) is 69.8 Å². The van der Waals surface area contributed by atoms with Gasteiger partial charge in [0, 0.05) is 29.8 Å². The highest BCUT2D eigenvalue weighted by Gasteiger charge is 2.28. The van der Waals surface area contributed by atoms with Crippen molar-refractivity contribution in [2.24, 2.45) is 4.99 Å². The van der Waals surface area contributed by atoms with Gasteiger partial charge in [-0.1, -0.05) is 30.3 Å². The highest BCUT2D eigenvalue weighted by molar-refractivity contribution is 6.19. The number of nitro benzene ring substituents is 1. The maximum Gasteiger partial charge on any atom is 0.270 e. The Morgan fingerprint density at radius 1 is 1.25 bits per heavy atom. The predicted octanol–water partition coefficient (Wildman–Crippen LogP) is 1.40. The van der Waals surface area contributed by atoms with Crippen LogP contribution in [0, 0.1) is 10.1 Å². The van der Waals surface area contributed by atoms with Crippen LogP contribution in [0.3, 0.4) is 0 Å². The lowest BCUT2D eigenvalue weighted by molar-refractivity contribution is -0.384. The molecule has 0 fully saturated rings. The Bertz CT molecular complexity index is 958. The van der Waals surface area contributed by atoms with E-state index in [-0.39, 0.29) is 25.4 Å². The zero-order valence-electron chi connectivity index (χ0n) is 15.1. The zero-order chi connectivity index (χ0) is 20.3. The third-order valence-electron chi connectivity index (χ3n) is 4.41. The second-order valence-corrected chi connectivity index (χ2v) is 6.07. The molecule has 2 aromatic rings. The van der Waals surface area contributed by atoms with Gasteiger partial charge >= 0.3 is 0 Å². The lowest BCUT2D eigenvalue weighted by atomic mass is 9.99. The summed E-state index contributed by atoms with van der Waals surface area (Å²) < 4.78 is 0. The van der Waals surface area contributed by atoms with Gasteiger partial charge in [0.15, 0.2) is 0 Å². The van der Waals surface area contributed by atoms with Gasteiger partial charge in [-0.25, -0.2) is 0 Å². The van der Waals surface area contributed by atoms with E-state index in [0.717, 1.165) is 4.90 Å². The van der Waals surface area contributed by atoms with E-state index in [1.807, 2.05) is 6.07 Å². The quantitative estimate of drug-likeness (QED) is 0.573. The summed E-state index contributed by atoms with van der Waals surface area (Å²) in [6.45, 7) is 1.29. The Morgan fingerprint density at radius 2 is 1.96 bits per heavy atom. The fraction of sp³-hybridized carbons (Fsp3) is 0.211. The van der Waals surface area contributed by atoms with Crippen molar-refractivity contribution < 1.29 is 19.6 Å². The van der Waals surface area contributed by atoms with Crippen LogP contribution in [0.15, 0.2) is 53.5 Å². The third kappa shape index (κ3) is 3.68. The van der Waals surface area contributed by atoms with E-state index in [1.54, 1.807) is 31.2 Å². The smallest absolute Gasteiger partial charge is 0.270 e. The summed E-state index contributed by atoms with van der Waals surface area (Å²) in [5.74, 6) is -0.416. The molecule has 0 aromatic heterocycles. The predicted molar refractivity (Wildman–Crippen MR) is 100 cm³/mol. The van der Waals surface area contributed by atoms with E-state index < -0.39 is 16.9 Å². The molecule has 144 valence electrons. The van der Waals surface area contributed by atoms with Crippen LogP contribution in [-0.2, 0) is 4.79 Å². The van der Waals surface area contributed by atoms with Gasteiger partial charge in [0.05, 0.1) is 23.0 Å². The molecule has 0 spiro atoms. The van der Waals surface area contributed by atoms with Gasteiger partial charge in [0.25, 0.3) is 5.69 Å². The number of carbonyl (C=O) groups excluding carboxylic acids is 2. The van der Waals surface area contributed by atoms with Crippen LogP contribution in [0.1, 0.15) is 18.1 Å². The van der Waals surface area contributed by atoms with E-state index in [4.69, 9.17) is 0 Å². The summed E-state index contributed by atoms with van der Waals surface area (Å²) in [6, 6.07) is 13.1. The number of hydrogen-bond donors (Lipinski definition) is 0. The summed E-state index contributed by atoms with van der Waals surface area (Å²) in [4.78, 5) is 41.3. The SMILES string of the molecule is CCN(CN1C(=O)CN=C(c2ccccc2)c2cc([N+](=O)[O-])ccc21)C(=O)[O-]. The van der Waals surface area contributed by atoms with Crippen molar-refractivity contribution in [1.82, 2.24) is 4.90 Å². The van der Waals surface area contributed by atoms with Crippen LogP contribution in [0.5, 0.6) is 0 Å². The van der Waals surface area contributed by atoms with Gasteiger partial charge < -0.3 is 14.8 Å². The molecule has 0 N–H and O–H groups in total. The summed E-state index contributed by atoms with van der Waals surface area (Å²) in [5.41, 5.74) is 1.73. The minimum atomic E-state index is -1.41. The highest BCUT2D eigenvalue weighted by Crippen LogP contribution is 2.30. The van der Waals surface area contributed by atoms with Crippen molar-refractivity contribution in [3.8, 4) is 0 Å². The minimum Gasteiger partial charge on any atom is -0.530 e. The van der Waals surface area contributed by atoms with E-state index in [2.05, 4.69) is 4.99 Å². The van der Waals surface area contributed by atoms with Crippen LogP contribution in [0.2, 0.25) is 0 Å². The first kappa shape index (κ1) is 19.0. The first-order chi connectivity index (χ1) is 13.4. The number of carboxylic acid groups (broad SMARTS) is 1. The van der Waals surface area contributed by atoms with Gasteiger partial charge in [0.2, 0.25) is 5.91 Å². The van der Waals surface area contributed by atoms with Crippen LogP contribution in [-0.4, -0.2) is 47.3 Å². The lowest BCUT2D eigenvalue weighted by Gasteiger charge is -2.31. The van der Waals surface area contributed by atoms with Crippen molar-refractivity contribution in [1.29, 1.82) is 0 Å². The number of benzodiazepines with no additional fused rings is 1. The molecule has 1 heterocycles. The number of amides is 2. The van der Waals surface area contributed by atoms with Gasteiger partial charge in [0.1, 0.15) is 12.6 Å². The number of hydrogen-bond acceptors (Lipinski definition) is 6. The molecule has 2 aromatic carbocycles. The molecule has 0 bridgehead atoms. The van der Waals surface area contributed by atoms with Crippen molar-refractivity contribution in [3.63, 3.8) is 0 Å². The van der Waals surface area contributed by atoms with E-state index in [0.29, 0.717) is 22.5 Å². The molecule has 1 aliphatic heterocycles. The molecule has 9 heteroatoms. The molecular weight excluding hydrogens is 364 g/mol. The Balaban J connectivity index is 2.16. The third-order valence-corrected chi connectivity index (χ3v) is 4.41. The van der Waals surface area contributed by atoms with Crippen LogP contribution >= 0.6 is 0 Å². The van der Waals surface area contributed by atoms with Gasteiger partial charge in [-0.05, 0) is 13.0 Å². The number of rotatable bonds is 5. The molecule has 0 saturated carbocycles. The normalized spacial score (nSPS) is 13.4. The molecular formula is C19H17N4O5-. The van der Waals surface area contributed by atoms with Crippen LogP contribution in [0.4, 0.5) is 16.2 Å². The topological polar surface area (TPSA) is 119 Å². The molecule has 2 amide bonds. The monoisotopic (exact) mass is 381 g/mol. The number of nitro groups is 1. The standard InChI is InChI=1S/C19H18N4O5/c1-2-21(19(25)26)12-22-16-9-8-14(23(27)28)10-15(16)18(20-11-17(22)24)13-6-4-3-5-7-13/h3-10H,2,11-12H2,1H3,(H,25,26)/p-1. The minimum absolute atomic E-state index is 0.126. The average Bonchev–Trinajstić information content (AvgIpc) is 2.82. The number of anilines is 1. The van der Waals surface area contributed by atoms with E-state index >= 15 is 0 Å². The second kappa shape index (κ2) is 7.87. The fourth-order valence-corrected chi connectivity index (χ4v) is 2.97. The zero-order valence-corrected chi connectivity index (χ0v) is 15.1. The van der Waals surface area contributed by atoms with Crippen LogP contribution in [0.25, 0.3) is 0 Å². The van der Waals surface area contributed by atoms with Gasteiger partial charge in [-0.2, -0.15) is 0 Å². The molecule has 0 radical (unpaired) electrons. The summed E-state index contributed by atoms with van der Waals surface area (Å²) in [7, 11) is 0. The van der Waals surface area contributed by atoms with Gasteiger partial charge in [-0.15, -0.1) is 0 Å². The molecule has 1 aliphatic rings. The van der Waals surface area contributed by atoms with Crippen molar-refractivity contribution in [2.75, 3.05) is 24.7 Å². The number of benzene rings is 2. The number of fused-ring (bicyclic) bond motifs is 1. The average molecular weight is 381 g/mol. The molecule has 0 saturated heterocycles. The molecule has 0 unspecified atom stereocenters. The molecule has 9 nitrogen and oxygen atoms in total. The van der Waals surface area contributed by atoms with Crippen LogP contribution < -0.4 is 10.0 Å². The highest BCUT2D eigenvalue weighted by atomic mass is 16.6. The Labute approximate surface area is 160 Å². The molecule has 3 rings (SSSR count). The first-order valence-corrected chi connectivity index (χ1v) is 8.57. The Kier molecular flexibility index (Phi) is 5.35. The van der Waals surface area contributed by atoms with E-state index in [9.17, 15) is 24.8 Å². The maximum absolute atomic E-state index is 12.7.